The van der Waals surface area contributed by atoms with Crippen LogP contribution in [0.25, 0.3) is 17.4 Å². The highest BCUT2D eigenvalue weighted by atomic mass is 35.5. The molecule has 0 bridgehead atoms. The van der Waals surface area contributed by atoms with E-state index in [1.807, 2.05) is 0 Å². The molecule has 29 heavy (non-hydrogen) atoms. The van der Waals surface area contributed by atoms with E-state index in [4.69, 9.17) is 27.6 Å². The maximum Gasteiger partial charge on any atom is 0.337 e. The van der Waals surface area contributed by atoms with Crippen LogP contribution in [0, 0.1) is 11.3 Å². The number of halogens is 2. The topological polar surface area (TPSA) is 103 Å². The third-order valence-corrected chi connectivity index (χ3v) is 4.44. The Morgan fingerprint density at radius 3 is 2.59 bits per heavy atom. The van der Waals surface area contributed by atoms with E-state index in [1.54, 1.807) is 42.5 Å². The predicted octanol–water partition coefficient (Wildman–Crippen LogP) is 5.50. The SMILES string of the molecule is N#C/C(=C\c1ccc(-c2cc(Cl)ccc2Cl)o1)C(=O)Nc1ccccc1C(=O)O. The van der Waals surface area contributed by atoms with Crippen LogP contribution in [0.1, 0.15) is 16.1 Å². The number of anilines is 1. The lowest BCUT2D eigenvalue weighted by Crippen LogP contribution is -2.16. The zero-order valence-electron chi connectivity index (χ0n) is 14.6. The number of para-hydroxylation sites is 1. The monoisotopic (exact) mass is 426 g/mol. The number of hydrogen-bond donors (Lipinski definition) is 2. The molecule has 1 amide bonds. The molecule has 2 aromatic carbocycles. The van der Waals surface area contributed by atoms with E-state index < -0.39 is 11.9 Å². The van der Waals surface area contributed by atoms with Gasteiger partial charge in [-0.2, -0.15) is 5.26 Å². The van der Waals surface area contributed by atoms with E-state index >= 15 is 0 Å². The third-order valence-electron chi connectivity index (χ3n) is 3.88. The van der Waals surface area contributed by atoms with Crippen molar-refractivity contribution in [3.63, 3.8) is 0 Å². The predicted molar refractivity (Wildman–Crippen MR) is 110 cm³/mol. The smallest absolute Gasteiger partial charge is 0.337 e. The van der Waals surface area contributed by atoms with Crippen LogP contribution < -0.4 is 5.32 Å². The number of hydrogen-bond acceptors (Lipinski definition) is 4. The van der Waals surface area contributed by atoms with E-state index in [0.29, 0.717) is 21.4 Å². The number of carboxylic acids is 1. The molecule has 0 fully saturated rings. The van der Waals surface area contributed by atoms with Gasteiger partial charge in [-0.3, -0.25) is 4.79 Å². The number of carbonyl (C=O) groups is 2. The molecular formula is C21H12Cl2N2O4. The van der Waals surface area contributed by atoms with Crippen molar-refractivity contribution in [3.8, 4) is 17.4 Å². The molecule has 0 aliphatic carbocycles. The lowest BCUT2D eigenvalue weighted by atomic mass is 10.1. The first-order chi connectivity index (χ1) is 13.9. The zero-order chi connectivity index (χ0) is 21.0. The molecule has 0 atom stereocenters. The molecule has 144 valence electrons. The van der Waals surface area contributed by atoms with Crippen molar-refractivity contribution in [2.45, 2.75) is 0 Å². The fourth-order valence-corrected chi connectivity index (χ4v) is 2.90. The first-order valence-corrected chi connectivity index (χ1v) is 8.95. The quantitative estimate of drug-likeness (QED) is 0.414. The molecule has 0 unspecified atom stereocenters. The van der Waals surface area contributed by atoms with Gasteiger partial charge in [0.25, 0.3) is 5.91 Å². The summed E-state index contributed by atoms with van der Waals surface area (Å²) in [6.45, 7) is 0. The first-order valence-electron chi connectivity index (χ1n) is 8.20. The molecule has 0 saturated heterocycles. The van der Waals surface area contributed by atoms with Crippen LogP contribution in [0.3, 0.4) is 0 Å². The molecule has 0 radical (unpaired) electrons. The molecule has 0 spiro atoms. The minimum Gasteiger partial charge on any atom is -0.478 e. The summed E-state index contributed by atoms with van der Waals surface area (Å²) in [5.41, 5.74) is 0.298. The highest BCUT2D eigenvalue weighted by Crippen LogP contribution is 2.32. The second-order valence-electron chi connectivity index (χ2n) is 5.80. The largest absolute Gasteiger partial charge is 0.478 e. The van der Waals surface area contributed by atoms with Gasteiger partial charge in [0.05, 0.1) is 16.3 Å². The Labute approximate surface area is 175 Å². The number of amides is 1. The number of aromatic carboxylic acids is 1. The summed E-state index contributed by atoms with van der Waals surface area (Å²) in [4.78, 5) is 23.7. The van der Waals surface area contributed by atoms with E-state index in [2.05, 4.69) is 5.32 Å². The summed E-state index contributed by atoms with van der Waals surface area (Å²) < 4.78 is 5.66. The summed E-state index contributed by atoms with van der Waals surface area (Å²) in [5, 5.41) is 21.9. The van der Waals surface area contributed by atoms with Crippen molar-refractivity contribution in [3.05, 3.63) is 81.5 Å². The summed E-state index contributed by atoms with van der Waals surface area (Å²) in [6, 6.07) is 15.8. The van der Waals surface area contributed by atoms with E-state index in [0.717, 1.165) is 0 Å². The molecule has 6 nitrogen and oxygen atoms in total. The van der Waals surface area contributed by atoms with Crippen molar-refractivity contribution in [1.82, 2.24) is 0 Å². The summed E-state index contributed by atoms with van der Waals surface area (Å²) in [5.74, 6) is -1.30. The average molecular weight is 427 g/mol. The van der Waals surface area contributed by atoms with Crippen LogP contribution in [-0.4, -0.2) is 17.0 Å². The Hall–Kier alpha value is -3.53. The molecule has 0 aliphatic heterocycles. The number of furan rings is 1. The van der Waals surface area contributed by atoms with Crippen LogP contribution in [0.2, 0.25) is 10.0 Å². The van der Waals surface area contributed by atoms with E-state index in [1.165, 1.54) is 24.3 Å². The Balaban J connectivity index is 1.87. The molecular weight excluding hydrogens is 415 g/mol. The Bertz CT molecular complexity index is 1180. The second-order valence-corrected chi connectivity index (χ2v) is 6.64. The normalized spacial score (nSPS) is 11.0. The lowest BCUT2D eigenvalue weighted by Gasteiger charge is -2.07. The lowest BCUT2D eigenvalue weighted by molar-refractivity contribution is -0.112. The van der Waals surface area contributed by atoms with Crippen LogP contribution in [0.5, 0.6) is 0 Å². The van der Waals surface area contributed by atoms with Crippen molar-refractivity contribution in [2.75, 3.05) is 5.32 Å². The highest BCUT2D eigenvalue weighted by Gasteiger charge is 2.16. The Morgan fingerprint density at radius 1 is 1.10 bits per heavy atom. The number of nitriles is 1. The van der Waals surface area contributed by atoms with Gasteiger partial charge in [0.2, 0.25) is 0 Å². The second kappa shape index (κ2) is 8.65. The van der Waals surface area contributed by atoms with Gasteiger partial charge in [-0.1, -0.05) is 35.3 Å². The number of rotatable bonds is 5. The molecule has 0 aliphatic rings. The van der Waals surface area contributed by atoms with Gasteiger partial charge >= 0.3 is 5.97 Å². The van der Waals surface area contributed by atoms with E-state index in [9.17, 15) is 20.0 Å². The standard InChI is InChI=1S/C21H12Cl2N2O4/c22-13-5-7-17(23)16(10-13)19-8-6-14(29-19)9-12(11-24)20(26)25-18-4-2-1-3-15(18)21(27)28/h1-10H,(H,25,26)(H,27,28)/b12-9+. The zero-order valence-corrected chi connectivity index (χ0v) is 16.2. The summed E-state index contributed by atoms with van der Waals surface area (Å²) >= 11 is 12.1. The molecule has 3 aromatic rings. The van der Waals surface area contributed by atoms with Crippen molar-refractivity contribution < 1.29 is 19.1 Å². The van der Waals surface area contributed by atoms with Crippen LogP contribution >= 0.6 is 23.2 Å². The molecule has 0 saturated carbocycles. The highest BCUT2D eigenvalue weighted by molar-refractivity contribution is 6.35. The fourth-order valence-electron chi connectivity index (χ4n) is 2.52. The van der Waals surface area contributed by atoms with Crippen molar-refractivity contribution in [1.29, 1.82) is 5.26 Å². The fraction of sp³-hybridized carbons (Fsp3) is 0. The summed E-state index contributed by atoms with van der Waals surface area (Å²) in [6.07, 6.45) is 1.25. The van der Waals surface area contributed by atoms with Gasteiger partial charge in [-0.05, 0) is 42.5 Å². The summed E-state index contributed by atoms with van der Waals surface area (Å²) in [7, 11) is 0. The molecule has 8 heteroatoms. The number of benzene rings is 2. The molecule has 1 heterocycles. The Morgan fingerprint density at radius 2 is 1.86 bits per heavy atom. The maximum atomic E-state index is 12.4. The van der Waals surface area contributed by atoms with Gasteiger partial charge in [0.1, 0.15) is 23.2 Å². The van der Waals surface area contributed by atoms with Gasteiger partial charge in [-0.25, -0.2) is 4.79 Å². The molecule has 3 rings (SSSR count). The maximum absolute atomic E-state index is 12.4. The van der Waals surface area contributed by atoms with Gasteiger partial charge in [-0.15, -0.1) is 0 Å². The van der Waals surface area contributed by atoms with Gasteiger partial charge in [0.15, 0.2) is 0 Å². The van der Waals surface area contributed by atoms with Crippen LogP contribution in [0.15, 0.2) is 64.6 Å². The van der Waals surface area contributed by atoms with Crippen molar-refractivity contribution >= 4 is 46.8 Å². The van der Waals surface area contributed by atoms with Crippen molar-refractivity contribution in [2.24, 2.45) is 0 Å². The first kappa shape index (κ1) is 20.2. The minimum atomic E-state index is -1.20. The number of carbonyl (C=O) groups excluding carboxylic acids is 1. The van der Waals surface area contributed by atoms with E-state index in [-0.39, 0.29) is 22.6 Å². The van der Waals surface area contributed by atoms with Gasteiger partial charge < -0.3 is 14.8 Å². The molecule has 2 N–H and O–H groups in total. The number of carboxylic acid groups (broad SMARTS) is 1. The van der Waals surface area contributed by atoms with Crippen LogP contribution in [-0.2, 0) is 4.79 Å². The molecule has 1 aromatic heterocycles. The number of nitrogens with one attached hydrogen (secondary N) is 1. The van der Waals surface area contributed by atoms with Crippen LogP contribution in [0.4, 0.5) is 5.69 Å². The van der Waals surface area contributed by atoms with Gasteiger partial charge in [0, 0.05) is 16.7 Å². The number of nitrogens with zero attached hydrogens (tertiary/aromatic N) is 1. The Kier molecular flexibility index (Phi) is 6.03. The minimum absolute atomic E-state index is 0.0805. The third kappa shape index (κ3) is 4.66. The average Bonchev–Trinajstić information content (AvgIpc) is 3.16.